The van der Waals surface area contributed by atoms with Gasteiger partial charge in [0.15, 0.2) is 5.82 Å². The second kappa shape index (κ2) is 6.63. The van der Waals surface area contributed by atoms with Crippen LogP contribution >= 0.6 is 0 Å². The van der Waals surface area contributed by atoms with Crippen molar-refractivity contribution in [2.45, 2.75) is 25.9 Å². The molecule has 1 aliphatic rings. The molecule has 3 rings (SSSR count). The molecule has 124 valence electrons. The summed E-state index contributed by atoms with van der Waals surface area (Å²) in [5, 5.41) is 12.2. The molecular formula is C14H19N5O3S. The number of piperidine rings is 1. The van der Waals surface area contributed by atoms with Crippen molar-refractivity contribution in [3.63, 3.8) is 0 Å². The average Bonchev–Trinajstić information content (AvgIpc) is 3.11. The number of nitrogens with zero attached hydrogens (tertiary/aromatic N) is 5. The lowest BCUT2D eigenvalue weighted by atomic mass is 10.1. The molecule has 0 saturated carbocycles. The summed E-state index contributed by atoms with van der Waals surface area (Å²) in [6.07, 6.45) is 4.73. The van der Waals surface area contributed by atoms with Gasteiger partial charge in [0.2, 0.25) is 15.9 Å². The van der Waals surface area contributed by atoms with Crippen LogP contribution in [0.25, 0.3) is 5.82 Å². The SMILES string of the molecule is CCS(=O)(=O)N1CCC(Oc2ccc(-n3cccn3)nn2)CC1. The zero-order valence-corrected chi connectivity index (χ0v) is 13.7. The molecule has 0 spiro atoms. The highest BCUT2D eigenvalue weighted by Crippen LogP contribution is 2.19. The third-order valence-corrected chi connectivity index (χ3v) is 5.69. The highest BCUT2D eigenvalue weighted by molar-refractivity contribution is 7.89. The van der Waals surface area contributed by atoms with Gasteiger partial charge in [-0.1, -0.05) is 0 Å². The molecule has 1 fully saturated rings. The molecule has 0 N–H and O–H groups in total. The van der Waals surface area contributed by atoms with E-state index in [1.54, 1.807) is 36.1 Å². The summed E-state index contributed by atoms with van der Waals surface area (Å²) in [7, 11) is -3.11. The molecule has 0 radical (unpaired) electrons. The Morgan fingerprint density at radius 3 is 2.61 bits per heavy atom. The molecule has 0 aromatic carbocycles. The second-order valence-electron chi connectivity index (χ2n) is 5.30. The van der Waals surface area contributed by atoms with Gasteiger partial charge in [-0.2, -0.15) is 5.10 Å². The number of hydrogen-bond donors (Lipinski definition) is 0. The molecule has 23 heavy (non-hydrogen) atoms. The highest BCUT2D eigenvalue weighted by atomic mass is 32.2. The number of sulfonamides is 1. The lowest BCUT2D eigenvalue weighted by molar-refractivity contribution is 0.128. The zero-order valence-electron chi connectivity index (χ0n) is 12.9. The minimum Gasteiger partial charge on any atom is -0.473 e. The van der Waals surface area contributed by atoms with Gasteiger partial charge in [-0.25, -0.2) is 17.4 Å². The fourth-order valence-electron chi connectivity index (χ4n) is 2.48. The molecule has 8 nitrogen and oxygen atoms in total. The minimum absolute atomic E-state index is 0.0387. The third-order valence-electron chi connectivity index (χ3n) is 3.81. The number of rotatable bonds is 5. The molecule has 2 aromatic rings. The van der Waals surface area contributed by atoms with Gasteiger partial charge in [0, 0.05) is 31.5 Å². The topological polar surface area (TPSA) is 90.2 Å². The maximum Gasteiger partial charge on any atom is 0.233 e. The predicted molar refractivity (Wildman–Crippen MR) is 83.8 cm³/mol. The predicted octanol–water partition coefficient (Wildman–Crippen LogP) is 0.855. The van der Waals surface area contributed by atoms with E-state index in [1.807, 2.05) is 6.07 Å². The molecule has 9 heteroatoms. The van der Waals surface area contributed by atoms with E-state index in [1.165, 1.54) is 4.31 Å². The fourth-order valence-corrected chi connectivity index (χ4v) is 3.62. The lowest BCUT2D eigenvalue weighted by Gasteiger charge is -2.30. The monoisotopic (exact) mass is 337 g/mol. The second-order valence-corrected chi connectivity index (χ2v) is 7.55. The van der Waals surface area contributed by atoms with Crippen LogP contribution in [-0.4, -0.2) is 57.6 Å². The van der Waals surface area contributed by atoms with Crippen molar-refractivity contribution < 1.29 is 13.2 Å². The van der Waals surface area contributed by atoms with Crippen molar-refractivity contribution in [3.05, 3.63) is 30.6 Å². The van der Waals surface area contributed by atoms with Gasteiger partial charge in [0.05, 0.1) is 5.75 Å². The first-order chi connectivity index (χ1) is 11.1. The summed E-state index contributed by atoms with van der Waals surface area (Å²) >= 11 is 0. The van der Waals surface area contributed by atoms with E-state index in [4.69, 9.17) is 4.74 Å². The molecule has 0 bridgehead atoms. The van der Waals surface area contributed by atoms with Gasteiger partial charge >= 0.3 is 0 Å². The van der Waals surface area contributed by atoms with E-state index in [0.717, 1.165) is 0 Å². The largest absolute Gasteiger partial charge is 0.473 e. The molecule has 0 unspecified atom stereocenters. The summed E-state index contributed by atoms with van der Waals surface area (Å²) in [6.45, 7) is 2.63. The van der Waals surface area contributed by atoms with Gasteiger partial charge in [-0.15, -0.1) is 10.2 Å². The first kappa shape index (κ1) is 15.9. The Hall–Kier alpha value is -2.00. The van der Waals surface area contributed by atoms with E-state index in [2.05, 4.69) is 15.3 Å². The van der Waals surface area contributed by atoms with Gasteiger partial charge in [-0.05, 0) is 31.9 Å². The first-order valence-electron chi connectivity index (χ1n) is 7.57. The summed E-state index contributed by atoms with van der Waals surface area (Å²) in [5.41, 5.74) is 0. The van der Waals surface area contributed by atoms with Crippen LogP contribution in [0.1, 0.15) is 19.8 Å². The van der Waals surface area contributed by atoms with Crippen molar-refractivity contribution in [2.24, 2.45) is 0 Å². The Kier molecular flexibility index (Phi) is 4.58. The maximum absolute atomic E-state index is 11.8. The quantitative estimate of drug-likeness (QED) is 0.803. The Morgan fingerprint density at radius 1 is 1.26 bits per heavy atom. The Labute approximate surface area is 135 Å². The Morgan fingerprint density at radius 2 is 2.04 bits per heavy atom. The van der Waals surface area contributed by atoms with Crippen LogP contribution < -0.4 is 4.74 Å². The number of hydrogen-bond acceptors (Lipinski definition) is 6. The van der Waals surface area contributed by atoms with Crippen molar-refractivity contribution in [1.29, 1.82) is 0 Å². The maximum atomic E-state index is 11.8. The van der Waals surface area contributed by atoms with E-state index in [-0.39, 0.29) is 11.9 Å². The van der Waals surface area contributed by atoms with E-state index >= 15 is 0 Å². The molecule has 0 aliphatic carbocycles. The standard InChI is InChI=1S/C14H19N5O3S/c1-2-23(20,21)18-10-6-12(7-11-18)22-14-5-4-13(16-17-14)19-9-3-8-15-19/h3-5,8-9,12H,2,6-7,10-11H2,1H3. The lowest BCUT2D eigenvalue weighted by Crippen LogP contribution is -2.42. The van der Waals surface area contributed by atoms with Crippen LogP contribution in [0, 0.1) is 0 Å². The Bertz CT molecular complexity index is 722. The summed E-state index contributed by atoms with van der Waals surface area (Å²) < 4.78 is 32.6. The van der Waals surface area contributed by atoms with Crippen LogP contribution in [0.5, 0.6) is 5.88 Å². The molecule has 1 saturated heterocycles. The van der Waals surface area contributed by atoms with Crippen molar-refractivity contribution in [2.75, 3.05) is 18.8 Å². The molecule has 1 aliphatic heterocycles. The van der Waals surface area contributed by atoms with Gasteiger partial charge < -0.3 is 4.74 Å². The van der Waals surface area contributed by atoms with E-state index in [9.17, 15) is 8.42 Å². The van der Waals surface area contributed by atoms with Crippen LogP contribution in [-0.2, 0) is 10.0 Å². The van der Waals surface area contributed by atoms with Crippen LogP contribution in [0.3, 0.4) is 0 Å². The smallest absolute Gasteiger partial charge is 0.233 e. The Balaban J connectivity index is 1.57. The van der Waals surface area contributed by atoms with Crippen molar-refractivity contribution in [3.8, 4) is 11.7 Å². The van der Waals surface area contributed by atoms with E-state index in [0.29, 0.717) is 37.6 Å². The summed E-state index contributed by atoms with van der Waals surface area (Å²) in [4.78, 5) is 0. The highest BCUT2D eigenvalue weighted by Gasteiger charge is 2.27. The van der Waals surface area contributed by atoms with Gasteiger partial charge in [0.1, 0.15) is 6.10 Å². The molecule has 0 amide bonds. The van der Waals surface area contributed by atoms with Crippen LogP contribution in [0.4, 0.5) is 0 Å². The minimum atomic E-state index is -3.11. The number of aromatic nitrogens is 4. The van der Waals surface area contributed by atoms with Crippen molar-refractivity contribution >= 4 is 10.0 Å². The molecule has 3 heterocycles. The van der Waals surface area contributed by atoms with E-state index < -0.39 is 10.0 Å². The fraction of sp³-hybridized carbons (Fsp3) is 0.500. The summed E-state index contributed by atoms with van der Waals surface area (Å²) in [5.74, 6) is 1.20. The van der Waals surface area contributed by atoms with Crippen LogP contribution in [0.15, 0.2) is 30.6 Å². The van der Waals surface area contributed by atoms with Crippen molar-refractivity contribution in [1.82, 2.24) is 24.3 Å². The van der Waals surface area contributed by atoms with Crippen LogP contribution in [0.2, 0.25) is 0 Å². The van der Waals surface area contributed by atoms with Gasteiger partial charge in [-0.3, -0.25) is 0 Å². The number of ether oxygens (including phenoxy) is 1. The molecule has 2 aromatic heterocycles. The van der Waals surface area contributed by atoms with Gasteiger partial charge in [0.25, 0.3) is 0 Å². The molecular weight excluding hydrogens is 318 g/mol. The molecule has 0 atom stereocenters. The third kappa shape index (κ3) is 3.67. The first-order valence-corrected chi connectivity index (χ1v) is 9.17. The zero-order chi connectivity index (χ0) is 16.3. The summed E-state index contributed by atoms with van der Waals surface area (Å²) in [6, 6.07) is 5.34. The average molecular weight is 337 g/mol. The normalized spacial score (nSPS) is 17.3.